The van der Waals surface area contributed by atoms with Gasteiger partial charge in [0.15, 0.2) is 0 Å². The van der Waals surface area contributed by atoms with Crippen LogP contribution in [0, 0.1) is 5.92 Å². The molecule has 1 amide bonds. The Morgan fingerprint density at radius 2 is 2.03 bits per heavy atom. The molecule has 5 fully saturated rings. The molecule has 7 N–H and O–H groups in total. The van der Waals surface area contributed by atoms with Crippen molar-refractivity contribution in [2.24, 2.45) is 5.92 Å². The summed E-state index contributed by atoms with van der Waals surface area (Å²) in [6, 6.07) is 1.53. The van der Waals surface area contributed by atoms with E-state index in [9.17, 15) is 4.79 Å². The number of hydrogen-bond donors (Lipinski definition) is 7. The average Bonchev–Trinajstić information content (AvgIpc) is 3.39. The van der Waals surface area contributed by atoms with Crippen LogP contribution in [0.4, 0.5) is 0 Å². The Bertz CT molecular complexity index is 652. The molecule has 5 aliphatic heterocycles. The van der Waals surface area contributed by atoms with E-state index >= 15 is 0 Å². The van der Waals surface area contributed by atoms with Crippen LogP contribution >= 0.6 is 11.8 Å². The van der Waals surface area contributed by atoms with Crippen LogP contribution in [0.2, 0.25) is 0 Å². The number of nitrogens with one attached hydrogen (secondary N) is 7. The lowest BCUT2D eigenvalue weighted by Gasteiger charge is -2.40. The van der Waals surface area contributed by atoms with Gasteiger partial charge in [-0.25, -0.2) is 5.01 Å². The standard InChI is InChI=1S/C22H42N8O2S/c1-3-32-17-12-30-14(6-13(2)29-30)7-15(17)22(31)28-20-10-24-19(9-25-20)26-11-21-27-16-4-5-23-8-18(16)33-21/h13-21,23-27,29H,3-12H2,1-2H3,(H,28,31). The number of hydrazine groups is 1. The van der Waals surface area contributed by atoms with E-state index in [0.29, 0.717) is 41.9 Å². The van der Waals surface area contributed by atoms with Gasteiger partial charge in [0, 0.05) is 62.7 Å². The molecule has 0 aromatic heterocycles. The van der Waals surface area contributed by atoms with Crippen molar-refractivity contribution in [1.82, 2.24) is 42.3 Å². The summed E-state index contributed by atoms with van der Waals surface area (Å²) < 4.78 is 5.98. The van der Waals surface area contributed by atoms with Crippen LogP contribution in [-0.4, -0.2) is 104 Å². The van der Waals surface area contributed by atoms with Crippen molar-refractivity contribution in [2.75, 3.05) is 45.9 Å². The van der Waals surface area contributed by atoms with Crippen LogP contribution in [0.5, 0.6) is 0 Å². The fourth-order valence-electron chi connectivity index (χ4n) is 6.03. The van der Waals surface area contributed by atoms with E-state index in [0.717, 1.165) is 45.6 Å². The molecular weight excluding hydrogens is 440 g/mol. The first-order valence-corrected chi connectivity index (χ1v) is 13.8. The number of hydrogen-bond acceptors (Lipinski definition) is 10. The number of piperazine rings is 1. The quantitative estimate of drug-likeness (QED) is 0.227. The van der Waals surface area contributed by atoms with Gasteiger partial charge in [-0.05, 0) is 39.7 Å². The first-order chi connectivity index (χ1) is 16.1. The van der Waals surface area contributed by atoms with E-state index < -0.39 is 0 Å². The summed E-state index contributed by atoms with van der Waals surface area (Å²) >= 11 is 2.06. The van der Waals surface area contributed by atoms with Crippen LogP contribution in [0.15, 0.2) is 0 Å². The molecule has 0 aromatic rings. The van der Waals surface area contributed by atoms with Crippen molar-refractivity contribution in [1.29, 1.82) is 0 Å². The summed E-state index contributed by atoms with van der Waals surface area (Å²) in [7, 11) is 0. The third-order valence-electron chi connectivity index (χ3n) is 7.69. The Hall–Kier alpha value is -0.500. The number of nitrogens with zero attached hydrogens (tertiary/aromatic N) is 1. The van der Waals surface area contributed by atoms with Crippen molar-refractivity contribution in [3.8, 4) is 0 Å². The second kappa shape index (κ2) is 11.0. The van der Waals surface area contributed by atoms with Gasteiger partial charge >= 0.3 is 0 Å². The lowest BCUT2D eigenvalue weighted by atomic mass is 9.87. The molecule has 0 radical (unpaired) electrons. The lowest BCUT2D eigenvalue weighted by molar-refractivity contribution is -0.137. The second-order valence-corrected chi connectivity index (χ2v) is 11.6. The highest BCUT2D eigenvalue weighted by Crippen LogP contribution is 2.31. The summed E-state index contributed by atoms with van der Waals surface area (Å²) in [5.41, 5.74) is 3.52. The molecule has 5 aliphatic rings. The maximum atomic E-state index is 13.2. The van der Waals surface area contributed by atoms with E-state index in [1.165, 1.54) is 6.42 Å². The predicted octanol–water partition coefficient (Wildman–Crippen LogP) is -1.68. The minimum atomic E-state index is -0.0977. The molecule has 10 nitrogen and oxygen atoms in total. The predicted molar refractivity (Wildman–Crippen MR) is 131 cm³/mol. The molecule has 11 heteroatoms. The summed E-state index contributed by atoms with van der Waals surface area (Å²) in [6.45, 7) is 10.3. The first kappa shape index (κ1) is 24.2. The molecule has 0 bridgehead atoms. The van der Waals surface area contributed by atoms with Gasteiger partial charge in [0.2, 0.25) is 5.91 Å². The Balaban J connectivity index is 1.04. The molecule has 9 unspecified atom stereocenters. The summed E-state index contributed by atoms with van der Waals surface area (Å²) in [6.07, 6.45) is 3.26. The molecule has 0 aliphatic carbocycles. The molecule has 33 heavy (non-hydrogen) atoms. The Kier molecular flexibility index (Phi) is 8.10. The van der Waals surface area contributed by atoms with Crippen LogP contribution in [-0.2, 0) is 9.53 Å². The Labute approximate surface area is 201 Å². The van der Waals surface area contributed by atoms with Crippen molar-refractivity contribution >= 4 is 17.7 Å². The zero-order valence-corrected chi connectivity index (χ0v) is 20.8. The fraction of sp³-hybridized carbons (Fsp3) is 0.955. The molecule has 0 saturated carbocycles. The van der Waals surface area contributed by atoms with Crippen LogP contribution < -0.4 is 37.3 Å². The Morgan fingerprint density at radius 1 is 1.18 bits per heavy atom. The van der Waals surface area contributed by atoms with Crippen LogP contribution in [0.25, 0.3) is 0 Å². The first-order valence-electron chi connectivity index (χ1n) is 12.9. The van der Waals surface area contributed by atoms with Gasteiger partial charge in [0.05, 0.1) is 29.7 Å². The van der Waals surface area contributed by atoms with Crippen molar-refractivity contribution in [3.63, 3.8) is 0 Å². The minimum Gasteiger partial charge on any atom is -0.376 e. The van der Waals surface area contributed by atoms with Gasteiger partial charge in [-0.2, -0.15) is 0 Å². The minimum absolute atomic E-state index is 0.0515. The smallest absolute Gasteiger partial charge is 0.227 e. The maximum absolute atomic E-state index is 13.2. The van der Waals surface area contributed by atoms with E-state index in [2.05, 4.69) is 61.0 Å². The van der Waals surface area contributed by atoms with Crippen molar-refractivity contribution in [2.45, 2.75) is 80.3 Å². The van der Waals surface area contributed by atoms with Crippen LogP contribution in [0.1, 0.15) is 33.1 Å². The third kappa shape index (κ3) is 5.84. The van der Waals surface area contributed by atoms with Gasteiger partial charge in [-0.1, -0.05) is 0 Å². The van der Waals surface area contributed by atoms with Gasteiger partial charge in [-0.3, -0.25) is 26.2 Å². The van der Waals surface area contributed by atoms with E-state index in [1.807, 2.05) is 6.92 Å². The van der Waals surface area contributed by atoms with E-state index in [4.69, 9.17) is 4.74 Å². The lowest BCUT2D eigenvalue weighted by Crippen LogP contribution is -2.66. The van der Waals surface area contributed by atoms with E-state index in [-0.39, 0.29) is 30.3 Å². The molecule has 5 heterocycles. The molecule has 0 aromatic carbocycles. The fourth-order valence-corrected chi connectivity index (χ4v) is 7.51. The van der Waals surface area contributed by atoms with E-state index in [1.54, 1.807) is 0 Å². The topological polar surface area (TPSA) is 114 Å². The van der Waals surface area contributed by atoms with Crippen molar-refractivity contribution in [3.05, 3.63) is 0 Å². The summed E-state index contributed by atoms with van der Waals surface area (Å²) in [4.78, 5) is 13.2. The molecular formula is C22H42N8O2S. The normalized spacial score (nSPS) is 43.8. The maximum Gasteiger partial charge on any atom is 0.227 e. The summed E-state index contributed by atoms with van der Waals surface area (Å²) in [5.74, 6) is 0.0144. The van der Waals surface area contributed by atoms with Crippen molar-refractivity contribution < 1.29 is 9.53 Å². The monoisotopic (exact) mass is 482 g/mol. The number of ether oxygens (including phenoxy) is 1. The zero-order chi connectivity index (χ0) is 22.8. The molecule has 5 rings (SSSR count). The number of thioether (sulfide) groups is 1. The van der Waals surface area contributed by atoms with Gasteiger partial charge in [0.25, 0.3) is 0 Å². The number of carbonyl (C=O) groups excluding carboxylic acids is 1. The Morgan fingerprint density at radius 3 is 2.82 bits per heavy atom. The average molecular weight is 483 g/mol. The highest BCUT2D eigenvalue weighted by molar-refractivity contribution is 8.00. The van der Waals surface area contributed by atoms with Gasteiger partial charge in [0.1, 0.15) is 0 Å². The third-order valence-corrected chi connectivity index (χ3v) is 9.17. The zero-order valence-electron chi connectivity index (χ0n) is 19.9. The van der Waals surface area contributed by atoms with Gasteiger partial charge in [-0.15, -0.1) is 11.8 Å². The molecule has 9 atom stereocenters. The number of fused-ring (bicyclic) bond motifs is 2. The number of rotatable bonds is 7. The SMILES string of the molecule is CCOC1CN2NC(C)CC2CC1C(=O)NC1CNC(NCC2NC3CCNCC3S2)CN1. The summed E-state index contributed by atoms with van der Waals surface area (Å²) in [5, 5.41) is 24.7. The largest absolute Gasteiger partial charge is 0.376 e. The van der Waals surface area contributed by atoms with Gasteiger partial charge < -0.3 is 20.7 Å². The highest BCUT2D eigenvalue weighted by atomic mass is 32.2. The second-order valence-electron chi connectivity index (χ2n) is 10.2. The highest BCUT2D eigenvalue weighted by Gasteiger charge is 2.44. The number of carbonyl (C=O) groups is 1. The van der Waals surface area contributed by atoms with Crippen LogP contribution in [0.3, 0.4) is 0 Å². The molecule has 188 valence electrons. The molecule has 5 saturated heterocycles. The number of amides is 1. The number of piperidine rings is 2. The molecule has 0 spiro atoms.